The Morgan fingerprint density at radius 2 is 1.75 bits per heavy atom. The molecule has 5 nitrogen and oxygen atoms in total. The van der Waals surface area contributed by atoms with Crippen molar-refractivity contribution in [2.75, 3.05) is 13.2 Å². The molecule has 2 aromatic carbocycles. The molecule has 126 valence electrons. The predicted octanol–water partition coefficient (Wildman–Crippen LogP) is 3.23. The zero-order valence-electron chi connectivity index (χ0n) is 14.2. The summed E-state index contributed by atoms with van der Waals surface area (Å²) in [7, 11) is 0. The topological polar surface area (TPSA) is 59.9 Å². The number of ether oxygens (including phenoxy) is 2. The highest BCUT2D eigenvalue weighted by atomic mass is 16.5. The van der Waals surface area contributed by atoms with Crippen LogP contribution in [-0.2, 0) is 4.79 Å². The Labute approximate surface area is 142 Å². The van der Waals surface area contributed by atoms with Gasteiger partial charge in [-0.1, -0.05) is 18.2 Å². The summed E-state index contributed by atoms with van der Waals surface area (Å²) in [6.07, 6.45) is 1.58. The second-order valence-electron chi connectivity index (χ2n) is 5.30. The van der Waals surface area contributed by atoms with Gasteiger partial charge >= 0.3 is 0 Å². The van der Waals surface area contributed by atoms with Crippen molar-refractivity contribution in [3.05, 3.63) is 59.2 Å². The average molecular weight is 326 g/mol. The summed E-state index contributed by atoms with van der Waals surface area (Å²) in [6, 6.07) is 13.3. The second-order valence-corrected chi connectivity index (χ2v) is 5.30. The van der Waals surface area contributed by atoms with Crippen LogP contribution in [0.4, 0.5) is 0 Å². The molecule has 0 heterocycles. The number of nitrogens with one attached hydrogen (secondary N) is 1. The number of hydrogen-bond acceptors (Lipinski definition) is 4. The van der Waals surface area contributed by atoms with Crippen LogP contribution >= 0.6 is 0 Å². The average Bonchev–Trinajstić information content (AvgIpc) is 2.56. The summed E-state index contributed by atoms with van der Waals surface area (Å²) in [5, 5.41) is 3.93. The number of carbonyl (C=O) groups excluding carboxylic acids is 1. The molecule has 0 unspecified atom stereocenters. The van der Waals surface area contributed by atoms with E-state index in [0.29, 0.717) is 6.61 Å². The third-order valence-corrected chi connectivity index (χ3v) is 3.35. The quantitative estimate of drug-likeness (QED) is 0.628. The van der Waals surface area contributed by atoms with Gasteiger partial charge < -0.3 is 9.47 Å². The van der Waals surface area contributed by atoms with Crippen LogP contribution in [0.25, 0.3) is 0 Å². The highest BCUT2D eigenvalue weighted by Gasteiger charge is 2.06. The maximum Gasteiger partial charge on any atom is 0.277 e. The fraction of sp³-hybridized carbons (Fsp3) is 0.263. The van der Waals surface area contributed by atoms with Crippen molar-refractivity contribution in [1.29, 1.82) is 0 Å². The van der Waals surface area contributed by atoms with Crippen LogP contribution < -0.4 is 14.9 Å². The molecular formula is C19H22N2O3. The number of nitrogens with zero attached hydrogens (tertiary/aromatic N) is 1. The van der Waals surface area contributed by atoms with E-state index in [-0.39, 0.29) is 12.5 Å². The maximum atomic E-state index is 11.8. The fourth-order valence-electron chi connectivity index (χ4n) is 2.19. The van der Waals surface area contributed by atoms with Crippen molar-refractivity contribution in [2.45, 2.75) is 20.8 Å². The first-order valence-electron chi connectivity index (χ1n) is 7.84. The van der Waals surface area contributed by atoms with Crippen molar-refractivity contribution in [3.63, 3.8) is 0 Å². The Morgan fingerprint density at radius 3 is 2.38 bits per heavy atom. The van der Waals surface area contributed by atoms with Gasteiger partial charge in [0.15, 0.2) is 6.61 Å². The molecule has 0 radical (unpaired) electrons. The number of hydrazone groups is 1. The largest absolute Gasteiger partial charge is 0.494 e. The number of carbonyl (C=O) groups is 1. The standard InChI is InChI=1S/C19H22N2O3/c1-4-23-17-10-8-16(9-11-17)12-20-21-18(22)13-24-19-14(2)6-5-7-15(19)3/h5-12H,4,13H2,1-3H3,(H,21,22). The van der Waals surface area contributed by atoms with Gasteiger partial charge in [-0.15, -0.1) is 0 Å². The Hall–Kier alpha value is -2.82. The van der Waals surface area contributed by atoms with Gasteiger partial charge in [0.2, 0.25) is 0 Å². The van der Waals surface area contributed by atoms with Crippen LogP contribution in [0.2, 0.25) is 0 Å². The number of benzene rings is 2. The third kappa shape index (κ3) is 5.12. The Morgan fingerprint density at radius 1 is 1.08 bits per heavy atom. The lowest BCUT2D eigenvalue weighted by molar-refractivity contribution is -0.123. The number of rotatable bonds is 7. The summed E-state index contributed by atoms with van der Waals surface area (Å²) >= 11 is 0. The van der Waals surface area contributed by atoms with E-state index in [9.17, 15) is 4.79 Å². The van der Waals surface area contributed by atoms with Gasteiger partial charge in [-0.05, 0) is 61.7 Å². The van der Waals surface area contributed by atoms with Crippen LogP contribution in [-0.4, -0.2) is 25.3 Å². The fourth-order valence-corrected chi connectivity index (χ4v) is 2.19. The minimum atomic E-state index is -0.306. The normalized spacial score (nSPS) is 10.6. The van der Waals surface area contributed by atoms with Gasteiger partial charge in [-0.2, -0.15) is 5.10 Å². The molecule has 2 aromatic rings. The van der Waals surface area contributed by atoms with E-state index in [2.05, 4.69) is 10.5 Å². The Balaban J connectivity index is 1.82. The minimum absolute atomic E-state index is 0.0771. The van der Waals surface area contributed by atoms with Crippen LogP contribution in [0.15, 0.2) is 47.6 Å². The van der Waals surface area contributed by atoms with Crippen molar-refractivity contribution >= 4 is 12.1 Å². The van der Waals surface area contributed by atoms with E-state index >= 15 is 0 Å². The molecule has 1 amide bonds. The highest BCUT2D eigenvalue weighted by Crippen LogP contribution is 2.21. The van der Waals surface area contributed by atoms with Gasteiger partial charge in [-0.25, -0.2) is 5.43 Å². The second kappa shape index (κ2) is 8.72. The lowest BCUT2D eigenvalue weighted by Crippen LogP contribution is -2.25. The molecule has 2 rings (SSSR count). The Bertz CT molecular complexity index is 689. The van der Waals surface area contributed by atoms with Crippen LogP contribution in [0, 0.1) is 13.8 Å². The van der Waals surface area contributed by atoms with Crippen LogP contribution in [0.1, 0.15) is 23.6 Å². The molecule has 0 bridgehead atoms. The molecule has 0 aliphatic rings. The molecule has 0 saturated carbocycles. The van der Waals surface area contributed by atoms with Crippen molar-refractivity contribution in [2.24, 2.45) is 5.10 Å². The first-order valence-corrected chi connectivity index (χ1v) is 7.84. The van der Waals surface area contributed by atoms with Crippen LogP contribution in [0.5, 0.6) is 11.5 Å². The summed E-state index contributed by atoms with van der Waals surface area (Å²) in [6.45, 7) is 6.39. The van der Waals surface area contributed by atoms with Gasteiger partial charge in [0.25, 0.3) is 5.91 Å². The summed E-state index contributed by atoms with van der Waals surface area (Å²) < 4.78 is 10.9. The molecule has 5 heteroatoms. The molecular weight excluding hydrogens is 304 g/mol. The number of aryl methyl sites for hydroxylation is 2. The molecule has 1 N–H and O–H groups in total. The monoisotopic (exact) mass is 326 g/mol. The Kier molecular flexibility index (Phi) is 6.37. The smallest absolute Gasteiger partial charge is 0.277 e. The van der Waals surface area contributed by atoms with Crippen molar-refractivity contribution in [1.82, 2.24) is 5.43 Å². The molecule has 0 fully saturated rings. The molecule has 0 aromatic heterocycles. The zero-order chi connectivity index (χ0) is 17.4. The lowest BCUT2D eigenvalue weighted by atomic mass is 10.1. The predicted molar refractivity (Wildman–Crippen MR) is 94.8 cm³/mol. The number of para-hydroxylation sites is 1. The molecule has 0 spiro atoms. The van der Waals surface area contributed by atoms with Gasteiger partial charge in [-0.3, -0.25) is 4.79 Å². The summed E-state index contributed by atoms with van der Waals surface area (Å²) in [5.41, 5.74) is 5.33. The van der Waals surface area contributed by atoms with Gasteiger partial charge in [0, 0.05) is 0 Å². The van der Waals surface area contributed by atoms with E-state index in [0.717, 1.165) is 28.2 Å². The van der Waals surface area contributed by atoms with E-state index in [1.807, 2.05) is 63.2 Å². The lowest BCUT2D eigenvalue weighted by Gasteiger charge is -2.10. The number of hydrogen-bond donors (Lipinski definition) is 1. The zero-order valence-corrected chi connectivity index (χ0v) is 14.2. The SMILES string of the molecule is CCOc1ccc(C=NNC(=O)COc2c(C)cccc2C)cc1. The molecule has 0 aliphatic heterocycles. The third-order valence-electron chi connectivity index (χ3n) is 3.35. The molecule has 24 heavy (non-hydrogen) atoms. The van der Waals surface area contributed by atoms with Gasteiger partial charge in [0.05, 0.1) is 12.8 Å². The molecule has 0 atom stereocenters. The van der Waals surface area contributed by atoms with Crippen molar-refractivity contribution in [3.8, 4) is 11.5 Å². The van der Waals surface area contributed by atoms with Crippen LogP contribution in [0.3, 0.4) is 0 Å². The summed E-state index contributed by atoms with van der Waals surface area (Å²) in [5.74, 6) is 1.24. The molecule has 0 saturated heterocycles. The first-order chi connectivity index (χ1) is 11.6. The summed E-state index contributed by atoms with van der Waals surface area (Å²) in [4.78, 5) is 11.8. The maximum absolute atomic E-state index is 11.8. The van der Waals surface area contributed by atoms with E-state index in [4.69, 9.17) is 9.47 Å². The number of amides is 1. The van der Waals surface area contributed by atoms with E-state index in [1.54, 1.807) is 6.21 Å². The highest BCUT2D eigenvalue weighted by molar-refractivity contribution is 5.83. The van der Waals surface area contributed by atoms with E-state index in [1.165, 1.54) is 0 Å². The minimum Gasteiger partial charge on any atom is -0.494 e. The molecule has 0 aliphatic carbocycles. The van der Waals surface area contributed by atoms with Crippen molar-refractivity contribution < 1.29 is 14.3 Å². The first kappa shape index (κ1) is 17.5. The van der Waals surface area contributed by atoms with E-state index < -0.39 is 0 Å². The van der Waals surface area contributed by atoms with Gasteiger partial charge in [0.1, 0.15) is 11.5 Å².